The van der Waals surface area contributed by atoms with E-state index < -0.39 is 48.5 Å². The van der Waals surface area contributed by atoms with Crippen molar-refractivity contribution in [3.63, 3.8) is 0 Å². The van der Waals surface area contributed by atoms with Gasteiger partial charge in [0.1, 0.15) is 30.0 Å². The van der Waals surface area contributed by atoms with Gasteiger partial charge in [0.15, 0.2) is 12.3 Å². The van der Waals surface area contributed by atoms with Crippen molar-refractivity contribution in [1.29, 1.82) is 0 Å². The first-order valence-corrected chi connectivity index (χ1v) is 16.7. The maximum atomic E-state index is 15.6. The van der Waals surface area contributed by atoms with Crippen molar-refractivity contribution in [3.05, 3.63) is 144 Å². The van der Waals surface area contributed by atoms with Crippen LogP contribution in [0.1, 0.15) is 27.0 Å². The number of ether oxygens (including phenoxy) is 4. The molecular formula is C39H36FN5O6. The van der Waals surface area contributed by atoms with E-state index in [0.717, 1.165) is 16.7 Å². The molecule has 4 aromatic rings. The monoisotopic (exact) mass is 689 g/mol. The number of urea groups is 1. The van der Waals surface area contributed by atoms with Gasteiger partial charge in [-0.05, 0) is 28.8 Å². The number of hydrogen-bond acceptors (Lipinski definition) is 8. The Morgan fingerprint density at radius 2 is 1.31 bits per heavy atom. The van der Waals surface area contributed by atoms with Gasteiger partial charge in [0, 0.05) is 5.56 Å². The van der Waals surface area contributed by atoms with Crippen LogP contribution in [0.2, 0.25) is 0 Å². The van der Waals surface area contributed by atoms with Crippen molar-refractivity contribution in [2.75, 3.05) is 13.2 Å². The highest BCUT2D eigenvalue weighted by Crippen LogP contribution is 2.33. The number of amides is 3. The molecule has 1 fully saturated rings. The number of carbonyl (C=O) groups excluding carboxylic acids is 2. The molecule has 7 rings (SSSR count). The number of nitrogens with one attached hydrogen (secondary N) is 1. The summed E-state index contributed by atoms with van der Waals surface area (Å²) >= 11 is 0. The molecule has 0 spiro atoms. The first-order valence-electron chi connectivity index (χ1n) is 16.7. The van der Waals surface area contributed by atoms with E-state index in [9.17, 15) is 9.59 Å². The summed E-state index contributed by atoms with van der Waals surface area (Å²) in [5.41, 5.74) is 3.18. The van der Waals surface area contributed by atoms with E-state index in [1.807, 2.05) is 91.0 Å². The Labute approximate surface area is 294 Å². The van der Waals surface area contributed by atoms with E-state index >= 15 is 4.39 Å². The number of fused-ring (bicyclic) bond motifs is 1. The van der Waals surface area contributed by atoms with Gasteiger partial charge in [-0.2, -0.15) is 14.4 Å². The molecule has 12 heteroatoms. The van der Waals surface area contributed by atoms with Gasteiger partial charge >= 0.3 is 6.03 Å². The molecule has 0 saturated carbocycles. The molecule has 3 heterocycles. The fourth-order valence-corrected chi connectivity index (χ4v) is 6.18. The van der Waals surface area contributed by atoms with Gasteiger partial charge in [0.05, 0.1) is 33.0 Å². The standard InChI is InChI=1S/C39H36FN5O6/c40-31-21-45(36-32(41-31)35(43-39(47)44-36)42-37(46)29-19-11-4-12-20-29)38-34(50-24-28-17-9-3-10-18-28)33(49-23-27-15-7-2-8-16-27)30(51-38)25-48-22-26-13-5-1-6-14-26/h1-20,30,32-34,38H,21-25H2,(H,42,43,46,47)/t30-,32?,33-,34-,38-/m1/s1. The van der Waals surface area contributed by atoms with Crippen LogP contribution in [0.25, 0.3) is 0 Å². The van der Waals surface area contributed by atoms with Gasteiger partial charge in [-0.3, -0.25) is 4.79 Å². The predicted octanol–water partition coefficient (Wildman–Crippen LogP) is 5.51. The number of nitrogens with zero attached hydrogens (tertiary/aromatic N) is 4. The Morgan fingerprint density at radius 1 is 0.765 bits per heavy atom. The summed E-state index contributed by atoms with van der Waals surface area (Å²) in [6, 6.07) is 35.4. The van der Waals surface area contributed by atoms with E-state index in [4.69, 9.17) is 18.9 Å². The van der Waals surface area contributed by atoms with E-state index in [-0.39, 0.29) is 38.0 Å². The third-order valence-electron chi connectivity index (χ3n) is 8.63. The lowest BCUT2D eigenvalue weighted by atomic mass is 10.1. The minimum absolute atomic E-state index is 0.0748. The topological polar surface area (TPSA) is 123 Å². The predicted molar refractivity (Wildman–Crippen MR) is 188 cm³/mol. The quantitative estimate of drug-likeness (QED) is 0.208. The molecule has 1 N–H and O–H groups in total. The van der Waals surface area contributed by atoms with Gasteiger partial charge in [0.2, 0.25) is 5.97 Å². The summed E-state index contributed by atoms with van der Waals surface area (Å²) in [6.45, 7) is 0.563. The number of carbonyl (C=O) groups is 2. The van der Waals surface area contributed by atoms with Gasteiger partial charge in [-0.1, -0.05) is 109 Å². The van der Waals surface area contributed by atoms with Gasteiger partial charge in [-0.25, -0.2) is 9.79 Å². The molecule has 0 radical (unpaired) electrons. The van der Waals surface area contributed by atoms with Crippen molar-refractivity contribution < 1.29 is 32.9 Å². The molecule has 1 saturated heterocycles. The van der Waals surface area contributed by atoms with Crippen molar-refractivity contribution in [1.82, 2.24) is 10.2 Å². The average molecular weight is 690 g/mol. The lowest BCUT2D eigenvalue weighted by Crippen LogP contribution is -2.59. The van der Waals surface area contributed by atoms with Crippen LogP contribution in [0.3, 0.4) is 0 Å². The normalized spacial score (nSPS) is 22.8. The minimum atomic E-state index is -1.21. The number of aliphatic imine (C=N–C) groups is 3. The number of rotatable bonds is 12. The largest absolute Gasteiger partial charge is 0.374 e. The first-order chi connectivity index (χ1) is 25.0. The second kappa shape index (κ2) is 16.1. The lowest BCUT2D eigenvalue weighted by Gasteiger charge is -2.39. The summed E-state index contributed by atoms with van der Waals surface area (Å²) in [6.07, 6.45) is -3.13. The zero-order valence-corrected chi connectivity index (χ0v) is 27.6. The molecule has 3 amide bonds. The Morgan fingerprint density at radius 3 is 1.92 bits per heavy atom. The van der Waals surface area contributed by atoms with Crippen LogP contribution in [0.15, 0.2) is 136 Å². The highest BCUT2D eigenvalue weighted by atomic mass is 19.1. The lowest BCUT2D eigenvalue weighted by molar-refractivity contribution is -0.0985. The third-order valence-corrected chi connectivity index (χ3v) is 8.63. The molecule has 5 atom stereocenters. The summed E-state index contributed by atoms with van der Waals surface area (Å²) in [4.78, 5) is 39.8. The summed E-state index contributed by atoms with van der Waals surface area (Å²) in [5, 5.41) is 2.65. The van der Waals surface area contributed by atoms with Gasteiger partial charge in [-0.15, -0.1) is 0 Å². The maximum Gasteiger partial charge on any atom is 0.370 e. The van der Waals surface area contributed by atoms with Crippen LogP contribution in [0.4, 0.5) is 9.18 Å². The zero-order valence-electron chi connectivity index (χ0n) is 27.6. The molecule has 4 aromatic carbocycles. The fraction of sp³-hybridized carbons (Fsp3) is 0.256. The Bertz CT molecular complexity index is 1890. The molecule has 11 nitrogen and oxygen atoms in total. The summed E-state index contributed by atoms with van der Waals surface area (Å²) in [7, 11) is 0. The van der Waals surface area contributed by atoms with E-state index in [1.54, 1.807) is 30.3 Å². The van der Waals surface area contributed by atoms with Crippen molar-refractivity contribution in [2.45, 2.75) is 50.4 Å². The number of benzene rings is 4. The first kappa shape index (κ1) is 34.1. The van der Waals surface area contributed by atoms with Crippen LogP contribution >= 0.6 is 0 Å². The number of hydrogen-bond donors (Lipinski definition) is 1. The molecule has 1 unspecified atom stereocenters. The summed E-state index contributed by atoms with van der Waals surface area (Å²) in [5.74, 6) is -1.35. The zero-order chi connectivity index (χ0) is 35.0. The number of amidine groups is 2. The van der Waals surface area contributed by atoms with E-state index in [2.05, 4.69) is 20.3 Å². The molecule has 0 aromatic heterocycles. The smallest absolute Gasteiger partial charge is 0.370 e. The molecule has 260 valence electrons. The van der Waals surface area contributed by atoms with E-state index in [1.165, 1.54) is 4.90 Å². The third kappa shape index (κ3) is 8.33. The van der Waals surface area contributed by atoms with Crippen molar-refractivity contribution in [3.8, 4) is 0 Å². The van der Waals surface area contributed by atoms with E-state index in [0.29, 0.717) is 12.2 Å². The highest BCUT2D eigenvalue weighted by Gasteiger charge is 2.52. The molecule has 3 aliphatic rings. The molecule has 3 aliphatic heterocycles. The highest BCUT2D eigenvalue weighted by molar-refractivity contribution is 6.24. The second-order valence-electron chi connectivity index (χ2n) is 12.2. The Balaban J connectivity index is 1.19. The SMILES string of the molecule is O=C1N=C(NC(=O)c2ccccc2)C2N=C(F)CN([C@@H]3O[C@H](COCc4ccccc4)[C@@H](OCc4ccccc4)[C@H]3OCc3ccccc3)C2=N1. The van der Waals surface area contributed by atoms with Crippen LogP contribution in [0, 0.1) is 0 Å². The Kier molecular flexibility index (Phi) is 10.7. The maximum absolute atomic E-state index is 15.6. The molecular weight excluding hydrogens is 653 g/mol. The average Bonchev–Trinajstić information content (AvgIpc) is 3.51. The summed E-state index contributed by atoms with van der Waals surface area (Å²) < 4.78 is 41.5. The number of halogens is 1. The molecule has 51 heavy (non-hydrogen) atoms. The van der Waals surface area contributed by atoms with Crippen molar-refractivity contribution in [2.24, 2.45) is 15.0 Å². The van der Waals surface area contributed by atoms with Gasteiger partial charge < -0.3 is 29.2 Å². The molecule has 0 aliphatic carbocycles. The van der Waals surface area contributed by atoms with Crippen LogP contribution in [-0.4, -0.2) is 78.2 Å². The fourth-order valence-electron chi connectivity index (χ4n) is 6.18. The van der Waals surface area contributed by atoms with Gasteiger partial charge in [0.25, 0.3) is 5.91 Å². The van der Waals surface area contributed by atoms with Crippen LogP contribution in [-0.2, 0) is 38.8 Å². The van der Waals surface area contributed by atoms with Crippen molar-refractivity contribution >= 4 is 29.6 Å². The molecule has 0 bridgehead atoms. The second-order valence-corrected chi connectivity index (χ2v) is 12.2. The Hall–Kier alpha value is -5.40. The van der Waals surface area contributed by atoms with Crippen LogP contribution < -0.4 is 5.32 Å². The van der Waals surface area contributed by atoms with Crippen LogP contribution in [0.5, 0.6) is 0 Å². The minimum Gasteiger partial charge on any atom is -0.374 e.